The third kappa shape index (κ3) is 3.28. The van der Waals surface area contributed by atoms with E-state index in [1.807, 2.05) is 6.20 Å². The molecule has 0 aliphatic heterocycles. The van der Waals surface area contributed by atoms with Crippen molar-refractivity contribution in [2.45, 2.75) is 20.4 Å². The van der Waals surface area contributed by atoms with Crippen molar-refractivity contribution in [3.8, 4) is 10.6 Å². The highest BCUT2D eigenvalue weighted by atomic mass is 32.1. The first-order valence-electron chi connectivity index (χ1n) is 5.67. The Balaban J connectivity index is 1.98. The van der Waals surface area contributed by atoms with Crippen LogP contribution in [0.15, 0.2) is 35.4 Å². The fourth-order valence-electron chi connectivity index (χ4n) is 1.56. The molecule has 0 spiro atoms. The summed E-state index contributed by atoms with van der Waals surface area (Å²) in [5.74, 6) is 0. The van der Waals surface area contributed by atoms with E-state index in [1.165, 1.54) is 16.0 Å². The molecule has 0 aliphatic rings. The summed E-state index contributed by atoms with van der Waals surface area (Å²) < 4.78 is 0. The van der Waals surface area contributed by atoms with Gasteiger partial charge in [-0.2, -0.15) is 5.10 Å². The third-order valence-corrected chi connectivity index (χ3v) is 3.34. The van der Waals surface area contributed by atoms with Crippen molar-refractivity contribution >= 4 is 11.3 Å². The highest BCUT2D eigenvalue weighted by Gasteiger charge is 2.07. The summed E-state index contributed by atoms with van der Waals surface area (Å²) in [6.07, 6.45) is 4.08. The number of rotatable bonds is 5. The van der Waals surface area contributed by atoms with Gasteiger partial charge in [-0.15, -0.1) is 11.3 Å². The molecule has 0 bridgehead atoms. The minimum Gasteiger partial charge on any atom is -0.309 e. The number of thiophene rings is 1. The second-order valence-electron chi connectivity index (χ2n) is 4.16. The van der Waals surface area contributed by atoms with Crippen LogP contribution >= 0.6 is 11.3 Å². The average Bonchev–Trinajstić information content (AvgIpc) is 2.94. The van der Waals surface area contributed by atoms with E-state index in [4.69, 9.17) is 0 Å². The lowest BCUT2D eigenvalue weighted by molar-refractivity contribution is 0.759. The summed E-state index contributed by atoms with van der Waals surface area (Å²) in [4.78, 5) is 1.24. The van der Waals surface area contributed by atoms with Crippen LogP contribution in [0, 0.1) is 0 Å². The summed E-state index contributed by atoms with van der Waals surface area (Å²) in [6, 6.07) is 4.17. The van der Waals surface area contributed by atoms with Gasteiger partial charge in [0.1, 0.15) is 0 Å². The minimum absolute atomic E-state index is 0.841. The van der Waals surface area contributed by atoms with Crippen LogP contribution in [0.25, 0.3) is 10.6 Å². The standard InChI is InChI=1S/C13H17N3S/c1-10(2)5-6-14-8-11-9-15-16-13(11)12-4-3-7-17-12/h3-5,7,9,14H,6,8H2,1-2H3,(H,15,16). The van der Waals surface area contributed by atoms with Gasteiger partial charge in [-0.25, -0.2) is 0 Å². The molecule has 0 radical (unpaired) electrons. The third-order valence-electron chi connectivity index (χ3n) is 2.46. The van der Waals surface area contributed by atoms with Crippen molar-refractivity contribution < 1.29 is 0 Å². The Morgan fingerprint density at radius 1 is 1.53 bits per heavy atom. The molecular formula is C13H17N3S. The smallest absolute Gasteiger partial charge is 0.0794 e. The van der Waals surface area contributed by atoms with E-state index in [0.717, 1.165) is 18.8 Å². The van der Waals surface area contributed by atoms with Gasteiger partial charge in [0.2, 0.25) is 0 Å². The second kappa shape index (κ2) is 5.80. The molecule has 2 aromatic rings. The topological polar surface area (TPSA) is 40.7 Å². The molecular weight excluding hydrogens is 230 g/mol. The monoisotopic (exact) mass is 247 g/mol. The zero-order valence-electron chi connectivity index (χ0n) is 10.2. The van der Waals surface area contributed by atoms with Gasteiger partial charge in [-0.1, -0.05) is 17.7 Å². The van der Waals surface area contributed by atoms with Crippen LogP contribution in [0.5, 0.6) is 0 Å². The molecule has 0 saturated heterocycles. The van der Waals surface area contributed by atoms with E-state index in [-0.39, 0.29) is 0 Å². The quantitative estimate of drug-likeness (QED) is 0.629. The Labute approximate surface area is 106 Å². The van der Waals surface area contributed by atoms with Gasteiger partial charge in [0.25, 0.3) is 0 Å². The predicted octanol–water partition coefficient (Wildman–Crippen LogP) is 3.19. The van der Waals surface area contributed by atoms with Crippen molar-refractivity contribution in [3.63, 3.8) is 0 Å². The number of aromatic nitrogens is 2. The van der Waals surface area contributed by atoms with Crippen molar-refractivity contribution in [1.82, 2.24) is 15.5 Å². The lowest BCUT2D eigenvalue weighted by Gasteiger charge is -2.02. The maximum absolute atomic E-state index is 4.12. The highest BCUT2D eigenvalue weighted by molar-refractivity contribution is 7.13. The minimum atomic E-state index is 0.841. The molecule has 0 fully saturated rings. The molecule has 0 aliphatic carbocycles. The van der Waals surface area contributed by atoms with Crippen LogP contribution in [-0.4, -0.2) is 16.7 Å². The maximum atomic E-state index is 4.12. The molecule has 0 saturated carbocycles. The summed E-state index contributed by atoms with van der Waals surface area (Å²) in [5.41, 5.74) is 3.68. The normalized spacial score (nSPS) is 10.5. The van der Waals surface area contributed by atoms with E-state index in [1.54, 1.807) is 11.3 Å². The molecule has 2 aromatic heterocycles. The molecule has 2 heterocycles. The first kappa shape index (κ1) is 12.1. The van der Waals surface area contributed by atoms with Crippen molar-refractivity contribution in [3.05, 3.63) is 40.9 Å². The largest absolute Gasteiger partial charge is 0.309 e. The molecule has 4 heteroatoms. The van der Waals surface area contributed by atoms with Crippen molar-refractivity contribution in [2.24, 2.45) is 0 Å². The Bertz CT molecular complexity index is 478. The van der Waals surface area contributed by atoms with E-state index in [9.17, 15) is 0 Å². The van der Waals surface area contributed by atoms with Gasteiger partial charge in [-0.05, 0) is 25.3 Å². The lowest BCUT2D eigenvalue weighted by Crippen LogP contribution is -2.13. The van der Waals surface area contributed by atoms with Gasteiger partial charge in [0, 0.05) is 18.7 Å². The number of aromatic amines is 1. The zero-order valence-corrected chi connectivity index (χ0v) is 11.0. The molecule has 2 rings (SSSR count). The molecule has 0 aromatic carbocycles. The van der Waals surface area contributed by atoms with E-state index < -0.39 is 0 Å². The Morgan fingerprint density at radius 3 is 3.12 bits per heavy atom. The van der Waals surface area contributed by atoms with Gasteiger partial charge >= 0.3 is 0 Å². The Morgan fingerprint density at radius 2 is 2.41 bits per heavy atom. The van der Waals surface area contributed by atoms with Crippen molar-refractivity contribution in [2.75, 3.05) is 6.54 Å². The van der Waals surface area contributed by atoms with Crippen LogP contribution in [0.2, 0.25) is 0 Å². The van der Waals surface area contributed by atoms with Gasteiger partial charge in [-0.3, -0.25) is 5.10 Å². The highest BCUT2D eigenvalue weighted by Crippen LogP contribution is 2.25. The number of H-pyrrole nitrogens is 1. The van der Waals surface area contributed by atoms with Crippen LogP contribution in [0.1, 0.15) is 19.4 Å². The van der Waals surface area contributed by atoms with Crippen LogP contribution in [0.3, 0.4) is 0 Å². The molecule has 3 nitrogen and oxygen atoms in total. The SMILES string of the molecule is CC(C)=CCNCc1cn[nH]c1-c1cccs1. The molecule has 90 valence electrons. The Hall–Kier alpha value is -1.39. The number of allylic oxidation sites excluding steroid dienone is 1. The summed E-state index contributed by atoms with van der Waals surface area (Å²) in [5, 5.41) is 12.7. The average molecular weight is 247 g/mol. The van der Waals surface area contributed by atoms with Crippen LogP contribution < -0.4 is 5.32 Å². The zero-order chi connectivity index (χ0) is 12.1. The fraction of sp³-hybridized carbons (Fsp3) is 0.308. The summed E-state index contributed by atoms with van der Waals surface area (Å²) in [6.45, 7) is 5.96. The van der Waals surface area contributed by atoms with E-state index in [0.29, 0.717) is 0 Å². The number of hydrogen-bond donors (Lipinski definition) is 2. The van der Waals surface area contributed by atoms with Crippen LogP contribution in [0.4, 0.5) is 0 Å². The summed E-state index contributed by atoms with van der Waals surface area (Å²) >= 11 is 1.73. The molecule has 17 heavy (non-hydrogen) atoms. The molecule has 0 atom stereocenters. The van der Waals surface area contributed by atoms with Crippen molar-refractivity contribution in [1.29, 1.82) is 0 Å². The second-order valence-corrected chi connectivity index (χ2v) is 5.11. The van der Waals surface area contributed by atoms with E-state index >= 15 is 0 Å². The maximum Gasteiger partial charge on any atom is 0.0794 e. The number of hydrogen-bond acceptors (Lipinski definition) is 3. The summed E-state index contributed by atoms with van der Waals surface area (Å²) in [7, 11) is 0. The number of nitrogens with one attached hydrogen (secondary N) is 2. The first-order valence-corrected chi connectivity index (χ1v) is 6.55. The molecule has 0 unspecified atom stereocenters. The van der Waals surface area contributed by atoms with E-state index in [2.05, 4.69) is 53.0 Å². The molecule has 2 N–H and O–H groups in total. The molecule has 0 amide bonds. The predicted molar refractivity (Wildman–Crippen MR) is 73.0 cm³/mol. The van der Waals surface area contributed by atoms with Gasteiger partial charge in [0.05, 0.1) is 16.8 Å². The van der Waals surface area contributed by atoms with Crippen LogP contribution in [-0.2, 0) is 6.54 Å². The number of nitrogens with zero attached hydrogens (tertiary/aromatic N) is 1. The van der Waals surface area contributed by atoms with Gasteiger partial charge in [0.15, 0.2) is 0 Å². The van der Waals surface area contributed by atoms with Gasteiger partial charge < -0.3 is 5.32 Å². The first-order chi connectivity index (χ1) is 8.27. The lowest BCUT2D eigenvalue weighted by atomic mass is 10.2. The Kier molecular flexibility index (Phi) is 4.12. The fourth-order valence-corrected chi connectivity index (χ4v) is 2.32.